The molecule has 0 radical (unpaired) electrons. The molecule has 1 heterocycles. The van der Waals surface area contributed by atoms with Crippen LogP contribution in [-0.2, 0) is 6.42 Å². The molecule has 1 aromatic carbocycles. The van der Waals surface area contributed by atoms with Crippen LogP contribution in [0.4, 0.5) is 0 Å². The highest BCUT2D eigenvalue weighted by Gasteiger charge is 2.31. The second kappa shape index (κ2) is 4.82. The lowest BCUT2D eigenvalue weighted by Gasteiger charge is -2.03. The number of nitrogens with zero attached hydrogens (tertiary/aromatic N) is 2. The van der Waals surface area contributed by atoms with Gasteiger partial charge in [0, 0.05) is 10.0 Å². The highest BCUT2D eigenvalue weighted by molar-refractivity contribution is 9.10. The zero-order valence-electron chi connectivity index (χ0n) is 9.71. The molecule has 2 aromatic rings. The summed E-state index contributed by atoms with van der Waals surface area (Å²) in [5, 5.41) is 13.8. The normalized spacial score (nSPS) is 16.8. The Morgan fingerprint density at radius 1 is 1.33 bits per heavy atom. The van der Waals surface area contributed by atoms with Gasteiger partial charge in [-0.1, -0.05) is 21.1 Å². The van der Waals surface area contributed by atoms with Crippen molar-refractivity contribution in [2.75, 3.05) is 0 Å². The molecule has 3 rings (SSSR count). The first-order valence-corrected chi connectivity index (χ1v) is 6.78. The average Bonchev–Trinajstić information content (AvgIpc) is 3.12. The zero-order chi connectivity index (χ0) is 12.5. The van der Waals surface area contributed by atoms with Gasteiger partial charge in [0.1, 0.15) is 0 Å². The number of hydrogen-bond donors (Lipinski definition) is 1. The first-order chi connectivity index (χ1) is 8.72. The van der Waals surface area contributed by atoms with Gasteiger partial charge in [-0.3, -0.25) is 0 Å². The van der Waals surface area contributed by atoms with E-state index in [0.29, 0.717) is 24.1 Å². The predicted octanol–water partition coefficient (Wildman–Crippen LogP) is 2.81. The fourth-order valence-electron chi connectivity index (χ4n) is 1.88. The molecule has 0 aliphatic heterocycles. The third-order valence-electron chi connectivity index (χ3n) is 3.12. The van der Waals surface area contributed by atoms with Gasteiger partial charge in [-0.25, -0.2) is 0 Å². The van der Waals surface area contributed by atoms with Crippen molar-refractivity contribution < 1.29 is 9.63 Å². The topological polar surface area (TPSA) is 59.2 Å². The van der Waals surface area contributed by atoms with E-state index >= 15 is 0 Å². The number of hydrogen-bond acceptors (Lipinski definition) is 4. The number of benzene rings is 1. The van der Waals surface area contributed by atoms with Gasteiger partial charge >= 0.3 is 0 Å². The fourth-order valence-corrected chi connectivity index (χ4v) is 2.14. The lowest BCUT2D eigenvalue weighted by atomic mass is 10.1. The minimum Gasteiger partial charge on any atom is -0.392 e. The van der Waals surface area contributed by atoms with Crippen LogP contribution < -0.4 is 0 Å². The summed E-state index contributed by atoms with van der Waals surface area (Å²) >= 11 is 3.38. The van der Waals surface area contributed by atoms with Crippen molar-refractivity contribution >= 4 is 15.9 Å². The summed E-state index contributed by atoms with van der Waals surface area (Å²) in [6.07, 6.45) is 2.32. The number of aliphatic hydroxyl groups excluding tert-OH is 1. The van der Waals surface area contributed by atoms with E-state index in [1.54, 1.807) is 0 Å². The van der Waals surface area contributed by atoms with Crippen molar-refractivity contribution in [3.63, 3.8) is 0 Å². The van der Waals surface area contributed by atoms with Gasteiger partial charge in [-0.2, -0.15) is 4.98 Å². The van der Waals surface area contributed by atoms with Crippen molar-refractivity contribution in [2.24, 2.45) is 5.92 Å². The van der Waals surface area contributed by atoms with E-state index in [0.717, 1.165) is 22.9 Å². The molecule has 1 aliphatic rings. The van der Waals surface area contributed by atoms with Crippen LogP contribution in [0, 0.1) is 5.92 Å². The SMILES string of the molecule is OC(Cc1nc(-c2ccc(Br)cc2)no1)C1CC1. The maximum absolute atomic E-state index is 9.82. The van der Waals surface area contributed by atoms with Gasteiger partial charge in [0.2, 0.25) is 11.7 Å². The summed E-state index contributed by atoms with van der Waals surface area (Å²) in [6, 6.07) is 7.72. The summed E-state index contributed by atoms with van der Waals surface area (Å²) in [5.74, 6) is 1.50. The van der Waals surface area contributed by atoms with Crippen molar-refractivity contribution in [1.29, 1.82) is 0 Å². The minimum atomic E-state index is -0.344. The Morgan fingerprint density at radius 3 is 2.72 bits per heavy atom. The van der Waals surface area contributed by atoms with Crippen LogP contribution in [0.1, 0.15) is 18.7 Å². The molecule has 1 aliphatic carbocycles. The van der Waals surface area contributed by atoms with Crippen LogP contribution in [0.25, 0.3) is 11.4 Å². The Hall–Kier alpha value is -1.20. The molecule has 1 aromatic heterocycles. The van der Waals surface area contributed by atoms with E-state index < -0.39 is 0 Å². The van der Waals surface area contributed by atoms with Gasteiger partial charge in [0.25, 0.3) is 0 Å². The average molecular weight is 309 g/mol. The third-order valence-corrected chi connectivity index (χ3v) is 3.65. The van der Waals surface area contributed by atoms with Gasteiger partial charge in [0.15, 0.2) is 0 Å². The molecule has 1 fully saturated rings. The number of aromatic nitrogens is 2. The monoisotopic (exact) mass is 308 g/mol. The molecule has 0 bridgehead atoms. The number of aliphatic hydroxyl groups is 1. The van der Waals surface area contributed by atoms with Gasteiger partial charge < -0.3 is 9.63 Å². The molecule has 1 unspecified atom stereocenters. The largest absolute Gasteiger partial charge is 0.392 e. The predicted molar refractivity (Wildman–Crippen MR) is 69.9 cm³/mol. The molecule has 0 saturated heterocycles. The molecular formula is C13H13BrN2O2. The Morgan fingerprint density at radius 2 is 2.06 bits per heavy atom. The van der Waals surface area contributed by atoms with Gasteiger partial charge in [-0.05, 0) is 43.0 Å². The second-order valence-corrected chi connectivity index (χ2v) is 5.54. The van der Waals surface area contributed by atoms with Gasteiger partial charge in [-0.15, -0.1) is 0 Å². The first-order valence-electron chi connectivity index (χ1n) is 5.99. The van der Waals surface area contributed by atoms with Crippen LogP contribution in [0.3, 0.4) is 0 Å². The highest BCUT2D eigenvalue weighted by atomic mass is 79.9. The van der Waals surface area contributed by atoms with Crippen LogP contribution in [0.2, 0.25) is 0 Å². The van der Waals surface area contributed by atoms with Crippen molar-refractivity contribution in [1.82, 2.24) is 10.1 Å². The Bertz CT molecular complexity index is 534. The highest BCUT2D eigenvalue weighted by Crippen LogP contribution is 2.33. The molecule has 18 heavy (non-hydrogen) atoms. The van der Waals surface area contributed by atoms with Crippen LogP contribution >= 0.6 is 15.9 Å². The third kappa shape index (κ3) is 2.62. The molecule has 94 valence electrons. The van der Waals surface area contributed by atoms with Crippen LogP contribution in [0.15, 0.2) is 33.3 Å². The van der Waals surface area contributed by atoms with Crippen molar-refractivity contribution in [3.8, 4) is 11.4 Å². The molecule has 1 N–H and O–H groups in total. The standard InChI is InChI=1S/C13H13BrN2O2/c14-10-5-3-9(4-6-10)13-15-12(18-16-13)7-11(17)8-1-2-8/h3-6,8,11,17H,1-2,7H2. The first kappa shape index (κ1) is 11.9. The van der Waals surface area contributed by atoms with E-state index in [1.807, 2.05) is 24.3 Å². The smallest absolute Gasteiger partial charge is 0.229 e. The van der Waals surface area contributed by atoms with Gasteiger partial charge in [0.05, 0.1) is 12.5 Å². The molecule has 5 heteroatoms. The van der Waals surface area contributed by atoms with Crippen LogP contribution in [0.5, 0.6) is 0 Å². The zero-order valence-corrected chi connectivity index (χ0v) is 11.3. The molecule has 0 amide bonds. The summed E-state index contributed by atoms with van der Waals surface area (Å²) in [7, 11) is 0. The second-order valence-electron chi connectivity index (χ2n) is 4.63. The summed E-state index contributed by atoms with van der Waals surface area (Å²) < 4.78 is 6.18. The molecule has 4 nitrogen and oxygen atoms in total. The lowest BCUT2D eigenvalue weighted by molar-refractivity contribution is 0.140. The Kier molecular flexibility index (Phi) is 3.18. The van der Waals surface area contributed by atoms with E-state index in [4.69, 9.17) is 4.52 Å². The Balaban J connectivity index is 1.74. The van der Waals surface area contributed by atoms with Crippen molar-refractivity contribution in [2.45, 2.75) is 25.4 Å². The van der Waals surface area contributed by atoms with Crippen LogP contribution in [-0.4, -0.2) is 21.4 Å². The lowest BCUT2D eigenvalue weighted by Crippen LogP contribution is -2.12. The van der Waals surface area contributed by atoms with E-state index in [1.165, 1.54) is 0 Å². The molecular weight excluding hydrogens is 296 g/mol. The molecule has 0 spiro atoms. The molecule has 1 saturated carbocycles. The minimum absolute atomic E-state index is 0.344. The molecule has 1 atom stereocenters. The number of rotatable bonds is 4. The number of halogens is 1. The van der Waals surface area contributed by atoms with E-state index in [-0.39, 0.29) is 6.10 Å². The Labute approximate surface area is 113 Å². The summed E-state index contributed by atoms with van der Waals surface area (Å²) in [6.45, 7) is 0. The van der Waals surface area contributed by atoms with E-state index in [2.05, 4.69) is 26.1 Å². The van der Waals surface area contributed by atoms with Crippen molar-refractivity contribution in [3.05, 3.63) is 34.6 Å². The fraction of sp³-hybridized carbons (Fsp3) is 0.385. The summed E-state index contributed by atoms with van der Waals surface area (Å²) in [4.78, 5) is 4.31. The van der Waals surface area contributed by atoms with E-state index in [9.17, 15) is 5.11 Å². The summed E-state index contributed by atoms with van der Waals surface area (Å²) in [5.41, 5.74) is 0.911. The maximum Gasteiger partial charge on any atom is 0.229 e. The quantitative estimate of drug-likeness (QED) is 0.943. The maximum atomic E-state index is 9.82.